The molecule has 1 heterocycles. The van der Waals surface area contributed by atoms with Crippen LogP contribution in [-0.2, 0) is 4.74 Å². The van der Waals surface area contributed by atoms with Crippen molar-refractivity contribution in [2.75, 3.05) is 39.4 Å². The summed E-state index contributed by atoms with van der Waals surface area (Å²) >= 11 is 0. The second-order valence-corrected chi connectivity index (χ2v) is 4.73. The molecule has 1 saturated heterocycles. The fourth-order valence-electron chi connectivity index (χ4n) is 2.17. The Morgan fingerprint density at radius 2 is 1.89 bits per heavy atom. The predicted octanol–water partition coefficient (Wildman–Crippen LogP) is 2.03. The summed E-state index contributed by atoms with van der Waals surface area (Å²) in [6.45, 7) is 4.14. The molecule has 0 radical (unpaired) electrons. The van der Waals surface area contributed by atoms with E-state index in [-0.39, 0.29) is 0 Å². The smallest absolute Gasteiger partial charge is 0.381 e. The van der Waals surface area contributed by atoms with Crippen molar-refractivity contribution in [1.82, 2.24) is 10.2 Å². The number of rotatable bonds is 7. The number of hydrogen-bond donors (Lipinski definition) is 1. The van der Waals surface area contributed by atoms with Crippen molar-refractivity contribution in [1.29, 1.82) is 0 Å². The van der Waals surface area contributed by atoms with Crippen molar-refractivity contribution in [3.63, 3.8) is 0 Å². The molecule has 0 aromatic heterocycles. The summed E-state index contributed by atoms with van der Waals surface area (Å²) in [7, 11) is 0. The van der Waals surface area contributed by atoms with Gasteiger partial charge in [0, 0.05) is 32.3 Å². The van der Waals surface area contributed by atoms with E-state index in [0.29, 0.717) is 25.7 Å². The second kappa shape index (κ2) is 7.96. The Bertz CT molecular complexity index is 218. The van der Waals surface area contributed by atoms with Crippen LogP contribution in [0.3, 0.4) is 0 Å². The summed E-state index contributed by atoms with van der Waals surface area (Å²) in [6.07, 6.45) is -1.46. The van der Waals surface area contributed by atoms with E-state index in [0.717, 1.165) is 32.5 Å². The number of nitrogens with one attached hydrogen (secondary N) is 1. The van der Waals surface area contributed by atoms with Crippen LogP contribution in [0.25, 0.3) is 0 Å². The highest BCUT2D eigenvalue weighted by molar-refractivity contribution is 4.71. The average molecular weight is 268 g/mol. The third-order valence-corrected chi connectivity index (χ3v) is 3.03. The minimum atomic E-state index is -4.10. The quantitative estimate of drug-likeness (QED) is 0.764. The van der Waals surface area contributed by atoms with Crippen LogP contribution in [0.1, 0.15) is 26.2 Å². The van der Waals surface area contributed by atoms with E-state index < -0.39 is 12.7 Å². The summed E-state index contributed by atoms with van der Waals surface area (Å²) in [4.78, 5) is 1.46. The van der Waals surface area contributed by atoms with Gasteiger partial charge in [-0.25, -0.2) is 0 Å². The monoisotopic (exact) mass is 268 g/mol. The number of hydrogen-bond acceptors (Lipinski definition) is 3. The van der Waals surface area contributed by atoms with Crippen molar-refractivity contribution in [3.05, 3.63) is 0 Å². The van der Waals surface area contributed by atoms with Gasteiger partial charge in [-0.1, -0.05) is 6.92 Å². The Kier molecular flexibility index (Phi) is 6.96. The number of nitrogens with zero attached hydrogens (tertiary/aromatic N) is 1. The third-order valence-electron chi connectivity index (χ3n) is 3.03. The molecule has 0 atom stereocenters. The van der Waals surface area contributed by atoms with Gasteiger partial charge in [0.15, 0.2) is 0 Å². The van der Waals surface area contributed by atoms with Crippen molar-refractivity contribution >= 4 is 0 Å². The molecule has 0 saturated carbocycles. The zero-order chi connectivity index (χ0) is 13.4. The molecule has 0 aliphatic carbocycles. The highest BCUT2D eigenvalue weighted by Crippen LogP contribution is 2.16. The molecule has 0 spiro atoms. The molecular formula is C12H23F3N2O. The maximum Gasteiger partial charge on any atom is 0.401 e. The van der Waals surface area contributed by atoms with E-state index in [4.69, 9.17) is 4.74 Å². The Morgan fingerprint density at radius 3 is 2.44 bits per heavy atom. The lowest BCUT2D eigenvalue weighted by Gasteiger charge is -2.26. The average Bonchev–Trinajstić information content (AvgIpc) is 2.28. The molecule has 6 heteroatoms. The predicted molar refractivity (Wildman–Crippen MR) is 64.6 cm³/mol. The first-order valence-electron chi connectivity index (χ1n) is 6.61. The standard InChI is InChI=1S/C12H23F3N2O/c1-2-6-17(10-12(13,14)15)7-5-16-11-3-8-18-9-4-11/h11,16H,2-10H2,1H3. The van der Waals surface area contributed by atoms with E-state index in [2.05, 4.69) is 5.32 Å². The lowest BCUT2D eigenvalue weighted by Crippen LogP contribution is -2.42. The fraction of sp³-hybridized carbons (Fsp3) is 1.00. The third kappa shape index (κ3) is 7.18. The molecule has 3 nitrogen and oxygen atoms in total. The summed E-state index contributed by atoms with van der Waals surface area (Å²) in [6, 6.07) is 0.396. The zero-order valence-electron chi connectivity index (χ0n) is 10.9. The van der Waals surface area contributed by atoms with E-state index in [1.165, 1.54) is 4.90 Å². The Labute approximate surface area is 107 Å². The summed E-state index contributed by atoms with van der Waals surface area (Å²) < 4.78 is 42.2. The molecule has 108 valence electrons. The lowest BCUT2D eigenvalue weighted by atomic mass is 10.1. The van der Waals surface area contributed by atoms with Gasteiger partial charge < -0.3 is 10.1 Å². The summed E-state index contributed by atoms with van der Waals surface area (Å²) in [5, 5.41) is 3.31. The minimum Gasteiger partial charge on any atom is -0.381 e. The van der Waals surface area contributed by atoms with Gasteiger partial charge in [-0.05, 0) is 25.8 Å². The van der Waals surface area contributed by atoms with E-state index >= 15 is 0 Å². The van der Waals surface area contributed by atoms with Gasteiger partial charge in [0.2, 0.25) is 0 Å². The number of alkyl halides is 3. The Morgan fingerprint density at radius 1 is 1.22 bits per heavy atom. The second-order valence-electron chi connectivity index (χ2n) is 4.73. The van der Waals surface area contributed by atoms with Crippen LogP contribution in [0.4, 0.5) is 13.2 Å². The van der Waals surface area contributed by atoms with Crippen molar-refractivity contribution in [2.45, 2.75) is 38.4 Å². The number of halogens is 3. The summed E-state index contributed by atoms with van der Waals surface area (Å²) in [5.41, 5.74) is 0. The molecule has 1 fully saturated rings. The first-order chi connectivity index (χ1) is 8.51. The fourth-order valence-corrected chi connectivity index (χ4v) is 2.17. The van der Waals surface area contributed by atoms with E-state index in [1.807, 2.05) is 6.92 Å². The molecule has 1 N–H and O–H groups in total. The van der Waals surface area contributed by atoms with Crippen LogP contribution in [0.15, 0.2) is 0 Å². The highest BCUT2D eigenvalue weighted by Gasteiger charge is 2.30. The van der Waals surface area contributed by atoms with Gasteiger partial charge in [-0.15, -0.1) is 0 Å². The van der Waals surface area contributed by atoms with Crippen LogP contribution in [0.5, 0.6) is 0 Å². The van der Waals surface area contributed by atoms with Crippen molar-refractivity contribution in [2.24, 2.45) is 0 Å². The van der Waals surface area contributed by atoms with Crippen molar-refractivity contribution in [3.8, 4) is 0 Å². The van der Waals surface area contributed by atoms with Crippen molar-refractivity contribution < 1.29 is 17.9 Å². The van der Waals surface area contributed by atoms with Gasteiger partial charge in [0.1, 0.15) is 0 Å². The molecule has 0 aromatic rings. The van der Waals surface area contributed by atoms with Crippen LogP contribution < -0.4 is 5.32 Å². The van der Waals surface area contributed by atoms with Gasteiger partial charge in [0.05, 0.1) is 6.54 Å². The molecule has 0 aromatic carbocycles. The van der Waals surface area contributed by atoms with Gasteiger partial charge in [-0.3, -0.25) is 4.90 Å². The van der Waals surface area contributed by atoms with E-state index in [9.17, 15) is 13.2 Å². The first kappa shape index (κ1) is 15.7. The molecule has 0 unspecified atom stereocenters. The molecule has 1 aliphatic rings. The van der Waals surface area contributed by atoms with Crippen LogP contribution >= 0.6 is 0 Å². The maximum absolute atomic E-state index is 12.3. The largest absolute Gasteiger partial charge is 0.401 e. The normalized spacial score (nSPS) is 18.5. The molecule has 0 bridgehead atoms. The molecular weight excluding hydrogens is 245 g/mol. The first-order valence-corrected chi connectivity index (χ1v) is 6.61. The molecule has 0 amide bonds. The topological polar surface area (TPSA) is 24.5 Å². The van der Waals surface area contributed by atoms with Gasteiger partial charge >= 0.3 is 6.18 Å². The number of ether oxygens (including phenoxy) is 1. The highest BCUT2D eigenvalue weighted by atomic mass is 19.4. The molecule has 1 rings (SSSR count). The minimum absolute atomic E-state index is 0.396. The maximum atomic E-state index is 12.3. The van der Waals surface area contributed by atoms with Crippen LogP contribution in [0, 0.1) is 0 Å². The van der Waals surface area contributed by atoms with E-state index in [1.54, 1.807) is 0 Å². The SMILES string of the molecule is CCCN(CCNC1CCOCC1)CC(F)(F)F. The Hall–Kier alpha value is -0.330. The van der Waals surface area contributed by atoms with Gasteiger partial charge in [0.25, 0.3) is 0 Å². The Balaban J connectivity index is 2.19. The van der Waals surface area contributed by atoms with Crippen LogP contribution in [-0.4, -0.2) is 56.5 Å². The lowest BCUT2D eigenvalue weighted by molar-refractivity contribution is -0.145. The summed E-state index contributed by atoms with van der Waals surface area (Å²) in [5.74, 6) is 0. The van der Waals surface area contributed by atoms with Crippen LogP contribution in [0.2, 0.25) is 0 Å². The van der Waals surface area contributed by atoms with Gasteiger partial charge in [-0.2, -0.15) is 13.2 Å². The molecule has 18 heavy (non-hydrogen) atoms. The zero-order valence-corrected chi connectivity index (χ0v) is 10.9. The molecule has 1 aliphatic heterocycles.